The van der Waals surface area contributed by atoms with Crippen molar-refractivity contribution in [3.63, 3.8) is 0 Å². The van der Waals surface area contributed by atoms with Gasteiger partial charge >= 0.3 is 6.09 Å². The number of nitrogens with zero attached hydrogens (tertiary/aromatic N) is 1. The zero-order valence-electron chi connectivity index (χ0n) is 20.7. The second kappa shape index (κ2) is 8.98. The third-order valence-corrected chi connectivity index (χ3v) is 8.66. The predicted molar refractivity (Wildman–Crippen MR) is 138 cm³/mol. The van der Waals surface area contributed by atoms with Crippen LogP contribution in [-0.4, -0.2) is 48.0 Å². The number of ether oxygens (including phenoxy) is 3. The van der Waals surface area contributed by atoms with Gasteiger partial charge < -0.3 is 24.2 Å². The van der Waals surface area contributed by atoms with Gasteiger partial charge in [0.25, 0.3) is 0 Å². The Labute approximate surface area is 216 Å². The zero-order chi connectivity index (χ0) is 25.0. The van der Waals surface area contributed by atoms with Crippen molar-refractivity contribution < 1.29 is 24.1 Å². The molecule has 3 aromatic rings. The van der Waals surface area contributed by atoms with E-state index in [0.29, 0.717) is 32.7 Å². The van der Waals surface area contributed by atoms with E-state index in [1.165, 1.54) is 22.3 Å². The van der Waals surface area contributed by atoms with Gasteiger partial charge in [-0.2, -0.15) is 0 Å². The molecule has 3 aliphatic heterocycles. The maximum absolute atomic E-state index is 13.4. The standard InChI is InChI=1S/C31H31NO5/c33-30(37-19-28-26-7-3-1-5-24(26)25-6-2-4-8-27(25)28)32-22-13-14-23(32)18-31(34,17-22)21-11-9-20(10-12-21)29-35-15-16-36-29/h1-12,22-23,28-29,34H,13-19H2. The third-order valence-electron chi connectivity index (χ3n) is 8.66. The number of aliphatic hydroxyl groups is 1. The summed E-state index contributed by atoms with van der Waals surface area (Å²) in [7, 11) is 0. The molecular formula is C31H31NO5. The summed E-state index contributed by atoms with van der Waals surface area (Å²) in [6, 6.07) is 24.6. The molecule has 190 valence electrons. The van der Waals surface area contributed by atoms with E-state index in [9.17, 15) is 9.90 Å². The molecule has 37 heavy (non-hydrogen) atoms. The van der Waals surface area contributed by atoms with Crippen LogP contribution in [0.4, 0.5) is 4.79 Å². The first-order chi connectivity index (χ1) is 18.1. The number of rotatable bonds is 4. The third kappa shape index (κ3) is 3.86. The van der Waals surface area contributed by atoms with Gasteiger partial charge in [-0.15, -0.1) is 0 Å². The van der Waals surface area contributed by atoms with Crippen molar-refractivity contribution in [3.8, 4) is 11.1 Å². The van der Waals surface area contributed by atoms with Gasteiger partial charge in [0.1, 0.15) is 6.61 Å². The summed E-state index contributed by atoms with van der Waals surface area (Å²) >= 11 is 0. The van der Waals surface area contributed by atoms with Crippen LogP contribution in [0.1, 0.15) is 60.1 Å². The summed E-state index contributed by atoms with van der Waals surface area (Å²) in [5.41, 5.74) is 5.76. The molecule has 2 bridgehead atoms. The van der Waals surface area contributed by atoms with Crippen LogP contribution in [0.25, 0.3) is 11.1 Å². The van der Waals surface area contributed by atoms with Gasteiger partial charge in [0.05, 0.1) is 18.8 Å². The molecule has 6 heteroatoms. The van der Waals surface area contributed by atoms with Crippen LogP contribution in [0.15, 0.2) is 72.8 Å². The summed E-state index contributed by atoms with van der Waals surface area (Å²) in [5.74, 6) is 0.0436. The number of benzene rings is 3. The molecule has 3 saturated heterocycles. The average Bonchev–Trinajstić information content (AvgIpc) is 3.64. The van der Waals surface area contributed by atoms with E-state index < -0.39 is 5.60 Å². The fraction of sp³-hybridized carbons (Fsp3) is 0.387. The smallest absolute Gasteiger partial charge is 0.410 e. The van der Waals surface area contributed by atoms with Crippen LogP contribution in [0, 0.1) is 0 Å². The van der Waals surface area contributed by atoms with Crippen LogP contribution in [0.3, 0.4) is 0 Å². The summed E-state index contributed by atoms with van der Waals surface area (Å²) in [6.07, 6.45) is 2.22. The predicted octanol–water partition coefficient (Wildman–Crippen LogP) is 5.50. The lowest BCUT2D eigenvalue weighted by Crippen LogP contribution is -2.52. The Balaban J connectivity index is 1.05. The highest BCUT2D eigenvalue weighted by atomic mass is 16.7. The number of fused-ring (bicyclic) bond motifs is 5. The van der Waals surface area contributed by atoms with Crippen molar-refractivity contribution in [2.75, 3.05) is 19.8 Å². The minimum absolute atomic E-state index is 0.0272. The first kappa shape index (κ1) is 23.0. The topological polar surface area (TPSA) is 68.2 Å². The number of carbonyl (C=O) groups excluding carboxylic acids is 1. The van der Waals surface area contributed by atoms with E-state index in [2.05, 4.69) is 36.4 Å². The van der Waals surface area contributed by atoms with Gasteiger partial charge in [-0.1, -0.05) is 72.8 Å². The van der Waals surface area contributed by atoms with Crippen LogP contribution in [0.5, 0.6) is 0 Å². The molecule has 3 aromatic carbocycles. The molecule has 2 atom stereocenters. The Bertz CT molecular complexity index is 1260. The molecule has 1 N–H and O–H groups in total. The van der Waals surface area contributed by atoms with Crippen LogP contribution < -0.4 is 0 Å². The van der Waals surface area contributed by atoms with E-state index in [4.69, 9.17) is 14.2 Å². The Morgan fingerprint density at radius 1 is 0.865 bits per heavy atom. The average molecular weight is 498 g/mol. The van der Waals surface area contributed by atoms with Gasteiger partial charge in [0.15, 0.2) is 6.29 Å². The van der Waals surface area contributed by atoms with Gasteiger partial charge in [-0.05, 0) is 40.7 Å². The molecule has 3 heterocycles. The summed E-state index contributed by atoms with van der Waals surface area (Å²) < 4.78 is 17.2. The minimum Gasteiger partial charge on any atom is -0.448 e. The molecule has 1 aliphatic carbocycles. The lowest BCUT2D eigenvalue weighted by molar-refractivity contribution is -0.0539. The Hall–Kier alpha value is -3.19. The lowest BCUT2D eigenvalue weighted by Gasteiger charge is -2.43. The SMILES string of the molecule is O=C(OCC1c2ccccc2-c2ccccc21)N1C2CCC1CC(O)(c1ccc(C3OCCO3)cc1)C2. The number of hydrogen-bond acceptors (Lipinski definition) is 5. The number of carbonyl (C=O) groups is 1. The monoisotopic (exact) mass is 497 g/mol. The number of piperidine rings is 1. The first-order valence-electron chi connectivity index (χ1n) is 13.3. The second-order valence-corrected chi connectivity index (χ2v) is 10.7. The fourth-order valence-electron chi connectivity index (χ4n) is 6.93. The van der Waals surface area contributed by atoms with Crippen molar-refractivity contribution >= 4 is 6.09 Å². The summed E-state index contributed by atoms with van der Waals surface area (Å²) in [6.45, 7) is 1.52. The van der Waals surface area contributed by atoms with E-state index in [1.54, 1.807) is 0 Å². The van der Waals surface area contributed by atoms with Gasteiger partial charge in [0, 0.05) is 36.4 Å². The molecule has 0 saturated carbocycles. The summed E-state index contributed by atoms with van der Waals surface area (Å²) in [4.78, 5) is 15.3. The largest absolute Gasteiger partial charge is 0.448 e. The highest BCUT2D eigenvalue weighted by Gasteiger charge is 2.50. The van der Waals surface area contributed by atoms with Crippen molar-refractivity contribution in [1.29, 1.82) is 0 Å². The maximum Gasteiger partial charge on any atom is 0.410 e. The highest BCUT2D eigenvalue weighted by molar-refractivity contribution is 5.79. The number of amides is 1. The van der Waals surface area contributed by atoms with E-state index in [0.717, 1.165) is 24.0 Å². The molecule has 2 unspecified atom stereocenters. The number of hydrogen-bond donors (Lipinski definition) is 1. The van der Waals surface area contributed by atoms with Crippen LogP contribution >= 0.6 is 0 Å². The first-order valence-corrected chi connectivity index (χ1v) is 13.3. The van der Waals surface area contributed by atoms with E-state index in [-0.39, 0.29) is 30.4 Å². The van der Waals surface area contributed by atoms with Crippen LogP contribution in [0.2, 0.25) is 0 Å². The molecule has 0 radical (unpaired) electrons. The highest BCUT2D eigenvalue weighted by Crippen LogP contribution is 2.47. The molecule has 6 nitrogen and oxygen atoms in total. The van der Waals surface area contributed by atoms with Crippen molar-refractivity contribution in [2.45, 2.75) is 55.6 Å². The Kier molecular flexibility index (Phi) is 5.57. The van der Waals surface area contributed by atoms with E-state index >= 15 is 0 Å². The summed E-state index contributed by atoms with van der Waals surface area (Å²) in [5, 5.41) is 11.7. The molecular weight excluding hydrogens is 466 g/mol. The Morgan fingerprint density at radius 2 is 1.43 bits per heavy atom. The van der Waals surface area contributed by atoms with E-state index in [1.807, 2.05) is 41.3 Å². The minimum atomic E-state index is -0.956. The van der Waals surface area contributed by atoms with Crippen LogP contribution in [-0.2, 0) is 19.8 Å². The molecule has 7 rings (SSSR count). The molecule has 0 aromatic heterocycles. The molecule has 1 amide bonds. The Morgan fingerprint density at radius 3 is 2.03 bits per heavy atom. The lowest BCUT2D eigenvalue weighted by atomic mass is 9.80. The normalized spacial score (nSPS) is 26.8. The van der Waals surface area contributed by atoms with Crippen molar-refractivity contribution in [3.05, 3.63) is 95.1 Å². The zero-order valence-corrected chi connectivity index (χ0v) is 20.7. The second-order valence-electron chi connectivity index (χ2n) is 10.7. The molecule has 0 spiro atoms. The fourth-order valence-corrected chi connectivity index (χ4v) is 6.93. The maximum atomic E-state index is 13.4. The van der Waals surface area contributed by atoms with Gasteiger partial charge in [-0.3, -0.25) is 0 Å². The molecule has 4 aliphatic rings. The van der Waals surface area contributed by atoms with Crippen molar-refractivity contribution in [2.24, 2.45) is 0 Å². The van der Waals surface area contributed by atoms with Crippen molar-refractivity contribution in [1.82, 2.24) is 4.90 Å². The quantitative estimate of drug-likeness (QED) is 0.516. The molecule has 3 fully saturated rings. The van der Waals surface area contributed by atoms with Gasteiger partial charge in [0.2, 0.25) is 0 Å². The van der Waals surface area contributed by atoms with Gasteiger partial charge in [-0.25, -0.2) is 4.79 Å².